The van der Waals surface area contributed by atoms with Gasteiger partial charge in [0, 0.05) is 24.8 Å². The lowest BCUT2D eigenvalue weighted by atomic mass is 10.2. The molecule has 6 nitrogen and oxygen atoms in total. The number of thiazole rings is 1. The van der Waals surface area contributed by atoms with Gasteiger partial charge in [-0.3, -0.25) is 4.79 Å². The quantitative estimate of drug-likeness (QED) is 0.896. The average Bonchev–Trinajstić information content (AvgIpc) is 2.60. The molecule has 0 amide bonds. The second-order valence-corrected chi connectivity index (χ2v) is 8.29. The Hall–Kier alpha value is -0.700. The van der Waals surface area contributed by atoms with Crippen molar-refractivity contribution in [3.63, 3.8) is 0 Å². The minimum atomic E-state index is -3.59. The van der Waals surface area contributed by atoms with Crippen LogP contribution in [0.2, 0.25) is 0 Å². The van der Waals surface area contributed by atoms with Crippen molar-refractivity contribution in [1.82, 2.24) is 14.2 Å². The maximum absolute atomic E-state index is 12.8. The van der Waals surface area contributed by atoms with Crippen LogP contribution in [-0.2, 0) is 10.0 Å². The third kappa shape index (κ3) is 2.98. The van der Waals surface area contributed by atoms with Crippen molar-refractivity contribution < 1.29 is 8.42 Å². The number of aromatic nitrogens is 1. The fourth-order valence-corrected chi connectivity index (χ4v) is 5.75. The molecule has 1 N–H and O–H groups in total. The lowest BCUT2D eigenvalue weighted by molar-refractivity contribution is 0.270. The molecule has 1 aliphatic heterocycles. The van der Waals surface area contributed by atoms with E-state index < -0.39 is 10.0 Å². The number of nitrogens with zero attached hydrogens (tertiary/aromatic N) is 2. The number of aromatic amines is 1. The lowest BCUT2D eigenvalue weighted by Crippen LogP contribution is -2.43. The van der Waals surface area contributed by atoms with Crippen molar-refractivity contribution in [2.75, 3.05) is 26.7 Å². The molecule has 20 heavy (non-hydrogen) atoms. The molecule has 1 fully saturated rings. The van der Waals surface area contributed by atoms with Crippen LogP contribution in [0, 0.1) is 6.92 Å². The molecular formula is C12H21N3O3S2. The van der Waals surface area contributed by atoms with E-state index in [0.29, 0.717) is 12.2 Å². The van der Waals surface area contributed by atoms with Gasteiger partial charge in [-0.25, -0.2) is 8.42 Å². The van der Waals surface area contributed by atoms with Crippen LogP contribution in [0.25, 0.3) is 0 Å². The van der Waals surface area contributed by atoms with Gasteiger partial charge >= 0.3 is 4.87 Å². The van der Waals surface area contributed by atoms with Crippen LogP contribution < -0.4 is 4.87 Å². The number of H-pyrrole nitrogens is 1. The summed E-state index contributed by atoms with van der Waals surface area (Å²) in [5.74, 6) is 0. The molecule has 0 aromatic carbocycles. The Bertz CT molecular complexity index is 620. The average molecular weight is 319 g/mol. The molecule has 0 spiro atoms. The van der Waals surface area contributed by atoms with Crippen LogP contribution in [0.3, 0.4) is 0 Å². The smallest absolute Gasteiger partial charge is 0.305 e. The lowest BCUT2D eigenvalue weighted by Gasteiger charge is -2.28. The molecule has 114 valence electrons. The van der Waals surface area contributed by atoms with Crippen LogP contribution in [0.4, 0.5) is 0 Å². The van der Waals surface area contributed by atoms with Gasteiger partial charge in [0.25, 0.3) is 10.0 Å². The predicted octanol–water partition coefficient (Wildman–Crippen LogP) is 0.850. The molecule has 1 aromatic heterocycles. The molecule has 1 atom stereocenters. The highest BCUT2D eigenvalue weighted by Gasteiger charge is 2.35. The molecular weight excluding hydrogens is 298 g/mol. The maximum Gasteiger partial charge on any atom is 0.305 e. The van der Waals surface area contributed by atoms with Crippen molar-refractivity contribution in [2.45, 2.75) is 36.9 Å². The summed E-state index contributed by atoms with van der Waals surface area (Å²) in [5, 5.41) is 0. The number of likely N-dealkylation sites (N-methyl/N-ethyl adjacent to an activating group) is 1. The van der Waals surface area contributed by atoms with Crippen molar-refractivity contribution in [3.8, 4) is 0 Å². The number of hydrogen-bond acceptors (Lipinski definition) is 5. The Balaban J connectivity index is 2.41. The van der Waals surface area contributed by atoms with Crippen molar-refractivity contribution in [2.24, 2.45) is 0 Å². The highest BCUT2D eigenvalue weighted by molar-refractivity contribution is 7.91. The van der Waals surface area contributed by atoms with Crippen molar-refractivity contribution in [1.29, 1.82) is 0 Å². The van der Waals surface area contributed by atoms with E-state index in [2.05, 4.69) is 9.88 Å². The van der Waals surface area contributed by atoms with E-state index in [0.717, 1.165) is 37.3 Å². The highest BCUT2D eigenvalue weighted by Crippen LogP contribution is 2.25. The van der Waals surface area contributed by atoms with E-state index in [1.165, 1.54) is 0 Å². The zero-order chi connectivity index (χ0) is 14.9. The summed E-state index contributed by atoms with van der Waals surface area (Å²) in [4.78, 5) is 15.8. The normalized spacial score (nSPS) is 22.9. The van der Waals surface area contributed by atoms with Gasteiger partial charge < -0.3 is 9.88 Å². The van der Waals surface area contributed by atoms with Gasteiger partial charge in [0.1, 0.15) is 0 Å². The first-order chi connectivity index (χ1) is 9.36. The maximum atomic E-state index is 12.8. The fourth-order valence-electron chi connectivity index (χ4n) is 2.61. The number of hydrogen-bond donors (Lipinski definition) is 1. The molecule has 8 heteroatoms. The van der Waals surface area contributed by atoms with Gasteiger partial charge in [-0.05, 0) is 33.4 Å². The largest absolute Gasteiger partial charge is 0.315 e. The van der Waals surface area contributed by atoms with Crippen molar-refractivity contribution in [3.05, 3.63) is 15.4 Å². The SMILES string of the molecule is CCC1CN(C)CCCN1S(=O)(=O)c1sc(=O)[nH]c1C. The molecule has 1 aliphatic rings. The van der Waals surface area contributed by atoms with Crippen LogP contribution in [0.1, 0.15) is 25.5 Å². The zero-order valence-electron chi connectivity index (χ0n) is 12.0. The number of rotatable bonds is 3. The minimum Gasteiger partial charge on any atom is -0.315 e. The van der Waals surface area contributed by atoms with E-state index in [-0.39, 0.29) is 15.1 Å². The van der Waals surface area contributed by atoms with E-state index in [9.17, 15) is 13.2 Å². The number of nitrogens with one attached hydrogen (secondary N) is 1. The summed E-state index contributed by atoms with van der Waals surface area (Å²) in [6.45, 7) is 5.77. The molecule has 0 saturated carbocycles. The molecule has 1 unspecified atom stereocenters. The third-order valence-corrected chi connectivity index (χ3v) is 7.18. The number of sulfonamides is 1. The van der Waals surface area contributed by atoms with E-state index >= 15 is 0 Å². The molecule has 0 bridgehead atoms. The molecule has 1 saturated heterocycles. The summed E-state index contributed by atoms with van der Waals surface area (Å²) >= 11 is 0.781. The summed E-state index contributed by atoms with van der Waals surface area (Å²) in [5.41, 5.74) is 0.437. The summed E-state index contributed by atoms with van der Waals surface area (Å²) in [7, 11) is -1.57. The van der Waals surface area contributed by atoms with Crippen LogP contribution >= 0.6 is 11.3 Å². The Labute approximate surface area is 123 Å². The second-order valence-electron chi connectivity index (χ2n) is 5.22. The Morgan fingerprint density at radius 3 is 2.65 bits per heavy atom. The number of aryl methyl sites for hydroxylation is 1. The molecule has 0 radical (unpaired) electrons. The van der Waals surface area contributed by atoms with E-state index in [1.54, 1.807) is 11.2 Å². The molecule has 2 heterocycles. The van der Waals surface area contributed by atoms with Crippen LogP contribution in [0.5, 0.6) is 0 Å². The molecule has 0 aliphatic carbocycles. The van der Waals surface area contributed by atoms with Gasteiger partial charge in [-0.1, -0.05) is 18.3 Å². The highest BCUT2D eigenvalue weighted by atomic mass is 32.2. The Kier molecular flexibility index (Phi) is 4.68. The van der Waals surface area contributed by atoms with Gasteiger partial charge in [0.05, 0.1) is 0 Å². The first kappa shape index (κ1) is 15.7. The topological polar surface area (TPSA) is 73.5 Å². The summed E-state index contributed by atoms with van der Waals surface area (Å²) in [6, 6.07) is -0.0379. The Morgan fingerprint density at radius 2 is 2.10 bits per heavy atom. The van der Waals surface area contributed by atoms with Gasteiger partial charge in [-0.2, -0.15) is 4.31 Å². The van der Waals surface area contributed by atoms with E-state index in [4.69, 9.17) is 0 Å². The van der Waals surface area contributed by atoms with E-state index in [1.807, 2.05) is 14.0 Å². The minimum absolute atomic E-state index is 0.0379. The van der Waals surface area contributed by atoms with Crippen LogP contribution in [-0.4, -0.2) is 55.3 Å². The standard InChI is InChI=1S/C12H21N3O3S2/c1-4-10-8-14(3)6-5-7-15(10)20(17,18)11-9(2)13-12(16)19-11/h10H,4-8H2,1-3H3,(H,13,16). The predicted molar refractivity (Wildman–Crippen MR) is 79.8 cm³/mol. The summed E-state index contributed by atoms with van der Waals surface area (Å²) < 4.78 is 27.3. The summed E-state index contributed by atoms with van der Waals surface area (Å²) in [6.07, 6.45) is 1.58. The van der Waals surface area contributed by atoms with Gasteiger partial charge in [0.15, 0.2) is 4.21 Å². The Morgan fingerprint density at radius 1 is 1.40 bits per heavy atom. The van der Waals surface area contributed by atoms with Crippen LogP contribution in [0.15, 0.2) is 9.00 Å². The molecule has 2 rings (SSSR count). The first-order valence-corrected chi connectivity index (χ1v) is 9.02. The second kappa shape index (κ2) is 5.97. The zero-order valence-corrected chi connectivity index (χ0v) is 13.7. The van der Waals surface area contributed by atoms with Gasteiger partial charge in [-0.15, -0.1) is 0 Å². The van der Waals surface area contributed by atoms with Crippen molar-refractivity contribution >= 4 is 21.4 Å². The third-order valence-electron chi connectivity index (χ3n) is 3.64. The fraction of sp³-hybridized carbons (Fsp3) is 0.750. The molecule has 1 aromatic rings. The monoisotopic (exact) mass is 319 g/mol. The first-order valence-electron chi connectivity index (χ1n) is 6.76. The van der Waals surface area contributed by atoms with Gasteiger partial charge in [0.2, 0.25) is 0 Å².